The largest absolute Gasteiger partial charge is 0.223 e. The van der Waals surface area contributed by atoms with Crippen LogP contribution in [-0.4, -0.2) is 4.98 Å². The van der Waals surface area contributed by atoms with Crippen molar-refractivity contribution in [2.24, 2.45) is 0 Å². The highest BCUT2D eigenvalue weighted by Gasteiger charge is 2.23. The third-order valence-corrected chi connectivity index (χ3v) is 4.64. The Balaban J connectivity index is 3.77. The first-order chi connectivity index (χ1) is 8.68. The smallest absolute Gasteiger partial charge is 0.141 e. The van der Waals surface area contributed by atoms with E-state index in [1.165, 1.54) is 0 Å². The maximum absolute atomic E-state index is 6.12. The fraction of sp³-hybridized carbons (Fsp3) is 0. The fourth-order valence-corrected chi connectivity index (χ4v) is 3.06. The lowest BCUT2D eigenvalue weighted by atomic mass is 10.2. The number of hydrogen-bond donors (Lipinski definition) is 0. The third-order valence-electron chi connectivity index (χ3n) is 1.82. The topological polar surface area (TPSA) is 12.9 Å². The molecule has 1 heterocycles. The van der Waals surface area contributed by atoms with E-state index in [1.54, 1.807) is 0 Å². The summed E-state index contributed by atoms with van der Waals surface area (Å²) in [4.78, 5) is 3.82. The number of pyridine rings is 1. The van der Waals surface area contributed by atoms with E-state index >= 15 is 0 Å². The van der Waals surface area contributed by atoms with Gasteiger partial charge in [-0.3, -0.25) is 0 Å². The van der Waals surface area contributed by atoms with Crippen LogP contribution in [0.1, 0.15) is 11.1 Å². The predicted octanol–water partition coefficient (Wildman–Crippen LogP) is 7.73. The Hall–Kier alpha value is 1.24. The van der Waals surface area contributed by atoms with Crippen LogP contribution in [0.15, 0.2) is 8.98 Å². The number of aromatic nitrogens is 1. The van der Waals surface area contributed by atoms with Crippen LogP contribution in [-0.2, 0) is 0 Å². The minimum Gasteiger partial charge on any atom is -0.223 e. The summed E-state index contributed by atoms with van der Waals surface area (Å²) in [5.74, 6) is 0. The molecular weight excluding hydrogens is 441 g/mol. The van der Waals surface area contributed by atoms with Crippen molar-refractivity contribution in [1.82, 2.24) is 4.98 Å². The first-order valence-electron chi connectivity index (χ1n) is 4.15. The average molecular weight is 441 g/mol. The van der Waals surface area contributed by atoms with Crippen molar-refractivity contribution < 1.29 is 0 Å². The zero-order valence-corrected chi connectivity index (χ0v) is 15.2. The average Bonchev–Trinajstić information content (AvgIpc) is 2.27. The van der Waals surface area contributed by atoms with Crippen LogP contribution in [0.25, 0.3) is 10.1 Å². The summed E-state index contributed by atoms with van der Waals surface area (Å²) in [6.07, 6.45) is 0. The molecule has 0 saturated heterocycles. The van der Waals surface area contributed by atoms with Crippen LogP contribution in [0.3, 0.4) is 0 Å². The SMILES string of the molecule is ClC(Cl)=C(Cl)c1c(Cl)nc(Cl)c(C(Cl)=C(Cl)Cl)c1Cl. The zero-order chi connectivity index (χ0) is 14.9. The summed E-state index contributed by atoms with van der Waals surface area (Å²) in [6, 6.07) is 0. The van der Waals surface area contributed by atoms with Crippen molar-refractivity contribution in [3.05, 3.63) is 35.4 Å². The lowest BCUT2D eigenvalue weighted by molar-refractivity contribution is 1.30. The lowest BCUT2D eigenvalue weighted by Crippen LogP contribution is -1.95. The Morgan fingerprint density at radius 3 is 1.21 bits per heavy atom. The van der Waals surface area contributed by atoms with E-state index in [4.69, 9.17) is 104 Å². The summed E-state index contributed by atoms with van der Waals surface area (Å²) < 4.78 is -0.504. The molecule has 0 aliphatic carbocycles. The monoisotopic (exact) mass is 437 g/mol. The van der Waals surface area contributed by atoms with Gasteiger partial charge >= 0.3 is 0 Å². The Morgan fingerprint density at radius 1 is 0.632 bits per heavy atom. The highest BCUT2D eigenvalue weighted by atomic mass is 35.5. The van der Waals surface area contributed by atoms with Gasteiger partial charge in [-0.1, -0.05) is 104 Å². The zero-order valence-electron chi connectivity index (χ0n) is 8.35. The van der Waals surface area contributed by atoms with Gasteiger partial charge in [-0.2, -0.15) is 0 Å². The molecule has 10 heteroatoms. The standard InChI is InChI=1S/C9Cl9N/c10-3-1(4(11)6(13)14)8(17)19-9(18)2(3)5(12)7(15)16. The van der Waals surface area contributed by atoms with Gasteiger partial charge < -0.3 is 0 Å². The molecule has 19 heavy (non-hydrogen) atoms. The first-order valence-corrected chi connectivity index (χ1v) is 7.55. The van der Waals surface area contributed by atoms with E-state index in [2.05, 4.69) is 4.98 Å². The van der Waals surface area contributed by atoms with Crippen molar-refractivity contribution in [3.8, 4) is 0 Å². The molecule has 1 aromatic rings. The highest BCUT2D eigenvalue weighted by molar-refractivity contribution is 6.69. The van der Waals surface area contributed by atoms with Gasteiger partial charge in [-0.05, 0) is 0 Å². The molecule has 0 spiro atoms. The van der Waals surface area contributed by atoms with Gasteiger partial charge in [0, 0.05) is 0 Å². The Morgan fingerprint density at radius 2 is 0.947 bits per heavy atom. The van der Waals surface area contributed by atoms with Crippen molar-refractivity contribution >= 4 is 114 Å². The second-order valence-corrected chi connectivity index (χ2v) is 6.65. The van der Waals surface area contributed by atoms with Crippen molar-refractivity contribution in [3.63, 3.8) is 0 Å². The van der Waals surface area contributed by atoms with Crippen molar-refractivity contribution in [2.45, 2.75) is 0 Å². The van der Waals surface area contributed by atoms with Gasteiger partial charge in [0.05, 0.1) is 26.2 Å². The lowest BCUT2D eigenvalue weighted by Gasteiger charge is -2.12. The number of rotatable bonds is 2. The van der Waals surface area contributed by atoms with Crippen LogP contribution in [0.4, 0.5) is 0 Å². The third kappa shape index (κ3) is 4.12. The van der Waals surface area contributed by atoms with Gasteiger partial charge in [0.15, 0.2) is 0 Å². The van der Waals surface area contributed by atoms with Gasteiger partial charge in [-0.15, -0.1) is 0 Å². The minimum absolute atomic E-state index is 0.0300. The second kappa shape index (κ2) is 7.49. The van der Waals surface area contributed by atoms with Crippen molar-refractivity contribution in [2.75, 3.05) is 0 Å². The fourth-order valence-electron chi connectivity index (χ4n) is 1.07. The summed E-state index contributed by atoms with van der Waals surface area (Å²) in [5, 5.41) is -0.453. The maximum Gasteiger partial charge on any atom is 0.141 e. The molecule has 0 atom stereocenters. The Bertz CT molecular complexity index is 534. The van der Waals surface area contributed by atoms with E-state index in [1.807, 2.05) is 0 Å². The van der Waals surface area contributed by atoms with Crippen LogP contribution in [0, 0.1) is 0 Å². The minimum atomic E-state index is -0.252. The van der Waals surface area contributed by atoms with Gasteiger partial charge in [0.25, 0.3) is 0 Å². The number of nitrogens with zero attached hydrogens (tertiary/aromatic N) is 1. The van der Waals surface area contributed by atoms with Crippen LogP contribution in [0.5, 0.6) is 0 Å². The highest BCUT2D eigenvalue weighted by Crippen LogP contribution is 2.44. The van der Waals surface area contributed by atoms with Crippen LogP contribution < -0.4 is 0 Å². The van der Waals surface area contributed by atoms with E-state index < -0.39 is 0 Å². The molecule has 1 rings (SSSR count). The molecule has 0 aliphatic heterocycles. The molecular formula is C9Cl9N. The van der Waals surface area contributed by atoms with Crippen LogP contribution >= 0.6 is 104 Å². The molecule has 0 aromatic carbocycles. The maximum atomic E-state index is 6.12. The molecule has 104 valence electrons. The van der Waals surface area contributed by atoms with Crippen LogP contribution in [0.2, 0.25) is 15.3 Å². The summed E-state index contributed by atoms with van der Waals surface area (Å²) in [6.45, 7) is 0. The summed E-state index contributed by atoms with van der Waals surface area (Å²) in [7, 11) is 0. The molecule has 0 amide bonds. The van der Waals surface area contributed by atoms with E-state index in [0.29, 0.717) is 0 Å². The van der Waals surface area contributed by atoms with E-state index in [9.17, 15) is 0 Å². The second-order valence-electron chi connectivity index (χ2n) is 2.91. The molecule has 0 radical (unpaired) electrons. The molecule has 0 unspecified atom stereocenters. The van der Waals surface area contributed by atoms with Gasteiger partial charge in [0.2, 0.25) is 0 Å². The number of hydrogen-bond acceptors (Lipinski definition) is 1. The summed E-state index contributed by atoms with van der Waals surface area (Å²) >= 11 is 52.0. The molecule has 0 fully saturated rings. The molecule has 0 saturated carbocycles. The molecule has 0 aliphatic rings. The Kier molecular flexibility index (Phi) is 7.21. The first kappa shape index (κ1) is 18.3. The summed E-state index contributed by atoms with van der Waals surface area (Å²) in [5.41, 5.74) is 0.134. The Labute approximate surface area is 153 Å². The number of halogens is 9. The normalized spacial score (nSPS) is 10.4. The van der Waals surface area contributed by atoms with E-state index in [-0.39, 0.29) is 45.5 Å². The molecule has 1 aromatic heterocycles. The molecule has 0 N–H and O–H groups in total. The quantitative estimate of drug-likeness (QED) is 0.428. The van der Waals surface area contributed by atoms with E-state index in [0.717, 1.165) is 0 Å². The molecule has 1 nitrogen and oxygen atoms in total. The van der Waals surface area contributed by atoms with Crippen molar-refractivity contribution in [1.29, 1.82) is 0 Å². The van der Waals surface area contributed by atoms with Gasteiger partial charge in [-0.25, -0.2) is 4.98 Å². The molecule has 0 bridgehead atoms. The predicted molar refractivity (Wildman–Crippen MR) is 88.2 cm³/mol. The van der Waals surface area contributed by atoms with Gasteiger partial charge in [0.1, 0.15) is 19.3 Å².